The maximum atomic E-state index is 13.2. The molecular weight excluding hydrogens is 430 g/mol. The summed E-state index contributed by atoms with van der Waals surface area (Å²) in [6, 6.07) is 14.3. The number of aromatic nitrogens is 1. The third-order valence-corrected chi connectivity index (χ3v) is 6.43. The van der Waals surface area contributed by atoms with E-state index in [1.54, 1.807) is 0 Å². The molecule has 7 nitrogen and oxygen atoms in total. The minimum absolute atomic E-state index is 0.109. The Morgan fingerprint density at radius 2 is 1.97 bits per heavy atom. The van der Waals surface area contributed by atoms with Gasteiger partial charge in [-0.1, -0.05) is 35.9 Å². The van der Waals surface area contributed by atoms with Crippen molar-refractivity contribution in [3.63, 3.8) is 0 Å². The van der Waals surface area contributed by atoms with Crippen molar-refractivity contribution >= 4 is 11.8 Å². The zero-order valence-electron chi connectivity index (χ0n) is 19.5. The van der Waals surface area contributed by atoms with Crippen LogP contribution < -0.4 is 10.1 Å². The van der Waals surface area contributed by atoms with E-state index < -0.39 is 0 Å². The summed E-state index contributed by atoms with van der Waals surface area (Å²) in [5, 5.41) is 2.70. The Bertz CT molecular complexity index is 1200. The quantitative estimate of drug-likeness (QED) is 0.573. The molecule has 1 atom stereocenters. The topological polar surface area (TPSA) is 84.7 Å². The van der Waals surface area contributed by atoms with Gasteiger partial charge in [0.2, 0.25) is 11.8 Å². The van der Waals surface area contributed by atoms with Crippen LogP contribution in [0.1, 0.15) is 64.4 Å². The van der Waals surface area contributed by atoms with Crippen molar-refractivity contribution in [1.82, 2.24) is 15.2 Å². The molecule has 176 valence electrons. The van der Waals surface area contributed by atoms with E-state index in [-0.39, 0.29) is 36.1 Å². The molecule has 34 heavy (non-hydrogen) atoms. The second-order valence-corrected chi connectivity index (χ2v) is 9.00. The number of hydrogen-bond acceptors (Lipinski definition) is 5. The van der Waals surface area contributed by atoms with Gasteiger partial charge < -0.3 is 19.4 Å². The van der Waals surface area contributed by atoms with Crippen LogP contribution in [0.15, 0.2) is 53.1 Å². The third-order valence-electron chi connectivity index (χ3n) is 6.43. The van der Waals surface area contributed by atoms with Gasteiger partial charge in [-0.3, -0.25) is 9.59 Å². The molecule has 1 saturated carbocycles. The van der Waals surface area contributed by atoms with Crippen LogP contribution in [0, 0.1) is 12.8 Å². The van der Waals surface area contributed by atoms with E-state index in [2.05, 4.69) is 47.6 Å². The van der Waals surface area contributed by atoms with E-state index in [0.29, 0.717) is 18.2 Å². The fourth-order valence-electron chi connectivity index (χ4n) is 4.47. The van der Waals surface area contributed by atoms with Crippen LogP contribution in [-0.2, 0) is 17.8 Å². The molecule has 0 bridgehead atoms. The number of benzene rings is 2. The Hall–Kier alpha value is -3.61. The highest BCUT2D eigenvalue weighted by Crippen LogP contribution is 2.41. The number of aryl methyl sites for hydroxylation is 1. The van der Waals surface area contributed by atoms with Crippen molar-refractivity contribution < 1.29 is 18.7 Å². The van der Waals surface area contributed by atoms with Crippen molar-refractivity contribution in [3.05, 3.63) is 82.6 Å². The predicted octanol–water partition coefficient (Wildman–Crippen LogP) is 4.20. The van der Waals surface area contributed by atoms with Crippen molar-refractivity contribution in [2.45, 2.75) is 45.8 Å². The van der Waals surface area contributed by atoms with Crippen LogP contribution in [-0.4, -0.2) is 34.8 Å². The molecule has 1 aliphatic carbocycles. The lowest BCUT2D eigenvalue weighted by Gasteiger charge is -2.38. The summed E-state index contributed by atoms with van der Waals surface area (Å²) in [4.78, 5) is 31.3. The van der Waals surface area contributed by atoms with Gasteiger partial charge in [0.05, 0.1) is 6.04 Å². The minimum atomic E-state index is -0.271. The number of carbonyl (C=O) groups excluding carboxylic acids is 2. The minimum Gasteiger partial charge on any atom is -0.484 e. The molecule has 5 rings (SSSR count). The van der Waals surface area contributed by atoms with Gasteiger partial charge in [-0.05, 0) is 61.9 Å². The fraction of sp³-hybridized carbons (Fsp3) is 0.370. The van der Waals surface area contributed by atoms with Crippen molar-refractivity contribution in [2.75, 3.05) is 13.1 Å². The van der Waals surface area contributed by atoms with Gasteiger partial charge in [0.15, 0.2) is 12.3 Å². The van der Waals surface area contributed by atoms with Crippen molar-refractivity contribution in [2.24, 2.45) is 5.92 Å². The molecule has 1 fully saturated rings. The van der Waals surface area contributed by atoms with Crippen LogP contribution in [0.4, 0.5) is 0 Å². The summed E-state index contributed by atoms with van der Waals surface area (Å²) in [6.07, 6.45) is 4.14. The second kappa shape index (κ2) is 9.33. The third kappa shape index (κ3) is 4.55. The summed E-state index contributed by atoms with van der Waals surface area (Å²) in [5.41, 5.74) is 4.86. The summed E-state index contributed by atoms with van der Waals surface area (Å²) < 4.78 is 11.4. The number of nitrogens with zero attached hydrogens (tertiary/aromatic N) is 2. The number of amides is 2. The summed E-state index contributed by atoms with van der Waals surface area (Å²) in [5.74, 6) is 1.15. The molecule has 3 aromatic rings. The van der Waals surface area contributed by atoms with Crippen LogP contribution in [0.3, 0.4) is 0 Å². The van der Waals surface area contributed by atoms with Gasteiger partial charge in [-0.25, -0.2) is 4.98 Å². The Kier molecular flexibility index (Phi) is 6.09. The molecule has 2 amide bonds. The lowest BCUT2D eigenvalue weighted by molar-refractivity contribution is -0.134. The van der Waals surface area contributed by atoms with Gasteiger partial charge in [-0.15, -0.1) is 0 Å². The molecule has 1 aromatic heterocycles. The number of fused-ring (bicyclic) bond motifs is 1. The molecule has 7 heteroatoms. The van der Waals surface area contributed by atoms with E-state index in [1.165, 1.54) is 17.4 Å². The molecule has 1 aliphatic heterocycles. The Labute approximate surface area is 199 Å². The lowest BCUT2D eigenvalue weighted by Crippen LogP contribution is -2.41. The summed E-state index contributed by atoms with van der Waals surface area (Å²) in [6.45, 7) is 5.27. The first kappa shape index (κ1) is 22.2. The van der Waals surface area contributed by atoms with E-state index in [1.807, 2.05) is 24.0 Å². The molecule has 0 radical (unpaired) electrons. The first-order chi connectivity index (χ1) is 16.5. The molecule has 2 aromatic carbocycles. The van der Waals surface area contributed by atoms with Crippen LogP contribution >= 0.6 is 0 Å². The van der Waals surface area contributed by atoms with Gasteiger partial charge in [-0.2, -0.15) is 0 Å². The Balaban J connectivity index is 1.40. The highest BCUT2D eigenvalue weighted by atomic mass is 16.5. The molecule has 1 N–H and O–H groups in total. The zero-order chi connectivity index (χ0) is 23.7. The monoisotopic (exact) mass is 459 g/mol. The maximum absolute atomic E-state index is 13.2. The SMILES string of the molecule is CCNC(=O)c1coc(COc2ccc3c(c2)[C@H](c2ccc(C)cc2)N(C(=O)C2CC2)CC3)n1. The smallest absolute Gasteiger partial charge is 0.273 e. The number of nitrogens with one attached hydrogen (secondary N) is 1. The van der Waals surface area contributed by atoms with Crippen LogP contribution in [0.25, 0.3) is 0 Å². The molecule has 2 aliphatic rings. The van der Waals surface area contributed by atoms with E-state index >= 15 is 0 Å². The van der Waals surface area contributed by atoms with Gasteiger partial charge in [0.1, 0.15) is 12.0 Å². The maximum Gasteiger partial charge on any atom is 0.273 e. The van der Waals surface area contributed by atoms with E-state index in [4.69, 9.17) is 9.15 Å². The van der Waals surface area contributed by atoms with Crippen molar-refractivity contribution in [3.8, 4) is 5.75 Å². The van der Waals surface area contributed by atoms with E-state index in [9.17, 15) is 9.59 Å². The summed E-state index contributed by atoms with van der Waals surface area (Å²) in [7, 11) is 0. The van der Waals surface area contributed by atoms with Gasteiger partial charge in [0, 0.05) is 19.0 Å². The average molecular weight is 460 g/mol. The average Bonchev–Trinajstić information content (AvgIpc) is 3.59. The number of rotatable bonds is 7. The Morgan fingerprint density at radius 3 is 2.71 bits per heavy atom. The standard InChI is InChI=1S/C27H29N3O4/c1-3-28-26(31)23-15-34-24(29-23)16-33-21-11-10-18-12-13-30(27(32)20-8-9-20)25(22(18)14-21)19-6-4-17(2)5-7-19/h4-7,10-11,14-15,20,25H,3,8-9,12-13,16H2,1-2H3,(H,28,31)/t25-/m0/s1. The van der Waals surface area contributed by atoms with E-state index in [0.717, 1.165) is 36.9 Å². The zero-order valence-corrected chi connectivity index (χ0v) is 19.5. The fourth-order valence-corrected chi connectivity index (χ4v) is 4.47. The number of carbonyl (C=O) groups is 2. The Morgan fingerprint density at radius 1 is 1.18 bits per heavy atom. The lowest BCUT2D eigenvalue weighted by atomic mass is 9.87. The number of hydrogen-bond donors (Lipinski definition) is 1. The normalized spacial score (nSPS) is 17.2. The summed E-state index contributed by atoms with van der Waals surface area (Å²) >= 11 is 0. The highest BCUT2D eigenvalue weighted by Gasteiger charge is 2.39. The van der Waals surface area contributed by atoms with Crippen LogP contribution in [0.2, 0.25) is 0 Å². The predicted molar refractivity (Wildman–Crippen MR) is 126 cm³/mol. The molecular formula is C27H29N3O4. The molecule has 0 spiro atoms. The highest BCUT2D eigenvalue weighted by molar-refractivity contribution is 5.91. The molecule has 0 unspecified atom stereocenters. The van der Waals surface area contributed by atoms with Crippen molar-refractivity contribution in [1.29, 1.82) is 0 Å². The molecule has 2 heterocycles. The first-order valence-corrected chi connectivity index (χ1v) is 11.9. The number of ether oxygens (including phenoxy) is 1. The van der Waals surface area contributed by atoms with Crippen LogP contribution in [0.5, 0.6) is 5.75 Å². The first-order valence-electron chi connectivity index (χ1n) is 11.9. The second-order valence-electron chi connectivity index (χ2n) is 9.00. The molecule has 0 saturated heterocycles. The van der Waals surface area contributed by atoms with Gasteiger partial charge >= 0.3 is 0 Å². The number of oxazole rings is 1. The largest absolute Gasteiger partial charge is 0.484 e. The van der Waals surface area contributed by atoms with Gasteiger partial charge in [0.25, 0.3) is 5.91 Å².